The van der Waals surface area contributed by atoms with Gasteiger partial charge in [0, 0.05) is 18.6 Å². The van der Waals surface area contributed by atoms with Crippen molar-refractivity contribution in [1.29, 1.82) is 0 Å². The van der Waals surface area contributed by atoms with E-state index in [0.717, 1.165) is 25.0 Å². The van der Waals surface area contributed by atoms with Crippen LogP contribution in [0.15, 0.2) is 4.99 Å². The highest BCUT2D eigenvalue weighted by Gasteiger charge is 2.32. The monoisotopic (exact) mass is 238 g/mol. The van der Waals surface area contributed by atoms with E-state index in [1.165, 1.54) is 25.7 Å². The third-order valence-corrected chi connectivity index (χ3v) is 3.53. The van der Waals surface area contributed by atoms with Gasteiger partial charge in [0.1, 0.15) is 0 Å². The van der Waals surface area contributed by atoms with Gasteiger partial charge in [0.15, 0.2) is 5.96 Å². The van der Waals surface area contributed by atoms with Crippen molar-refractivity contribution in [3.8, 4) is 0 Å². The number of hydrogen-bond donors (Lipinski definition) is 2. The fourth-order valence-corrected chi connectivity index (χ4v) is 2.14. The highest BCUT2D eigenvalue weighted by Crippen LogP contribution is 2.34. The van der Waals surface area contributed by atoms with Gasteiger partial charge in [-0.25, -0.2) is 0 Å². The van der Waals surface area contributed by atoms with E-state index in [0.29, 0.717) is 12.1 Å². The fourth-order valence-electron chi connectivity index (χ4n) is 2.14. The van der Waals surface area contributed by atoms with Crippen molar-refractivity contribution >= 4 is 5.96 Å². The highest BCUT2D eigenvalue weighted by atomic mass is 15.2. The Balaban J connectivity index is 1.84. The lowest BCUT2D eigenvalue weighted by Gasteiger charge is -2.22. The van der Waals surface area contributed by atoms with Gasteiger partial charge in [-0.2, -0.15) is 0 Å². The predicted octanol–water partition coefficient (Wildman–Crippen LogP) is 1.04. The SMILES string of the molecule is CCNC(=NCC(C1CC1)N(C)C)NC1CC1. The number of nitrogens with one attached hydrogen (secondary N) is 2. The molecule has 2 rings (SSSR count). The number of rotatable bonds is 6. The van der Waals surface area contributed by atoms with Crippen LogP contribution in [0.25, 0.3) is 0 Å². The third kappa shape index (κ3) is 4.19. The second-order valence-corrected chi connectivity index (χ2v) is 5.51. The summed E-state index contributed by atoms with van der Waals surface area (Å²) in [6.07, 6.45) is 5.35. The average molecular weight is 238 g/mol. The van der Waals surface area contributed by atoms with Crippen molar-refractivity contribution in [2.24, 2.45) is 10.9 Å². The number of hydrogen-bond acceptors (Lipinski definition) is 2. The predicted molar refractivity (Wildman–Crippen MR) is 72.3 cm³/mol. The lowest BCUT2D eigenvalue weighted by molar-refractivity contribution is 0.271. The number of aliphatic imine (C=N–C) groups is 1. The van der Waals surface area contributed by atoms with Gasteiger partial charge in [0.05, 0.1) is 6.54 Å². The topological polar surface area (TPSA) is 39.7 Å². The molecule has 0 aliphatic heterocycles. The zero-order valence-corrected chi connectivity index (χ0v) is 11.4. The van der Waals surface area contributed by atoms with Gasteiger partial charge in [-0.1, -0.05) is 0 Å². The standard InChI is InChI=1S/C13H26N4/c1-4-14-13(16-11-7-8-11)15-9-12(17(2)3)10-5-6-10/h10-12H,4-9H2,1-3H3,(H2,14,15,16). The van der Waals surface area contributed by atoms with Crippen LogP contribution >= 0.6 is 0 Å². The number of likely N-dealkylation sites (N-methyl/N-ethyl adjacent to an activating group) is 1. The molecule has 0 aromatic heterocycles. The van der Waals surface area contributed by atoms with Crippen LogP contribution < -0.4 is 10.6 Å². The van der Waals surface area contributed by atoms with Crippen LogP contribution in [0.4, 0.5) is 0 Å². The van der Waals surface area contributed by atoms with Crippen LogP contribution in [0.1, 0.15) is 32.6 Å². The fraction of sp³-hybridized carbons (Fsp3) is 0.923. The van der Waals surface area contributed by atoms with E-state index < -0.39 is 0 Å². The lowest BCUT2D eigenvalue weighted by Crippen LogP contribution is -2.40. The van der Waals surface area contributed by atoms with Crippen LogP contribution in [-0.4, -0.2) is 50.1 Å². The van der Waals surface area contributed by atoms with Crippen molar-refractivity contribution < 1.29 is 0 Å². The Kier molecular flexibility index (Phi) is 4.26. The molecule has 0 radical (unpaired) electrons. The largest absolute Gasteiger partial charge is 0.357 e. The Labute approximate surface area is 105 Å². The number of guanidine groups is 1. The van der Waals surface area contributed by atoms with Crippen molar-refractivity contribution in [2.75, 3.05) is 27.2 Å². The molecule has 2 aliphatic rings. The van der Waals surface area contributed by atoms with Crippen LogP contribution in [0.3, 0.4) is 0 Å². The minimum atomic E-state index is 0.615. The number of nitrogens with zero attached hydrogens (tertiary/aromatic N) is 2. The molecule has 17 heavy (non-hydrogen) atoms. The highest BCUT2D eigenvalue weighted by molar-refractivity contribution is 5.80. The maximum atomic E-state index is 4.73. The van der Waals surface area contributed by atoms with E-state index in [2.05, 4.69) is 36.6 Å². The minimum Gasteiger partial charge on any atom is -0.357 e. The Morgan fingerprint density at radius 1 is 1.29 bits per heavy atom. The Hall–Kier alpha value is -0.770. The molecule has 1 atom stereocenters. The molecule has 0 heterocycles. The lowest BCUT2D eigenvalue weighted by atomic mass is 10.2. The van der Waals surface area contributed by atoms with Crippen molar-refractivity contribution in [1.82, 2.24) is 15.5 Å². The van der Waals surface area contributed by atoms with Crippen molar-refractivity contribution in [3.05, 3.63) is 0 Å². The van der Waals surface area contributed by atoms with E-state index in [-0.39, 0.29) is 0 Å². The van der Waals surface area contributed by atoms with Crippen LogP contribution in [0.2, 0.25) is 0 Å². The molecule has 98 valence electrons. The molecular formula is C13H26N4. The van der Waals surface area contributed by atoms with Gasteiger partial charge >= 0.3 is 0 Å². The Morgan fingerprint density at radius 2 is 2.00 bits per heavy atom. The molecule has 4 nitrogen and oxygen atoms in total. The molecule has 2 aliphatic carbocycles. The van der Waals surface area contributed by atoms with E-state index in [4.69, 9.17) is 4.99 Å². The maximum Gasteiger partial charge on any atom is 0.191 e. The van der Waals surface area contributed by atoms with E-state index in [1.54, 1.807) is 0 Å². The smallest absolute Gasteiger partial charge is 0.191 e. The zero-order chi connectivity index (χ0) is 12.3. The summed E-state index contributed by atoms with van der Waals surface area (Å²) in [4.78, 5) is 7.05. The molecule has 0 aromatic rings. The molecule has 0 amide bonds. The molecule has 2 fully saturated rings. The van der Waals surface area contributed by atoms with Gasteiger partial charge in [-0.05, 0) is 52.6 Å². The first-order valence-corrected chi connectivity index (χ1v) is 6.92. The molecule has 4 heteroatoms. The van der Waals surface area contributed by atoms with Gasteiger partial charge in [0.25, 0.3) is 0 Å². The first-order valence-electron chi connectivity index (χ1n) is 6.92. The van der Waals surface area contributed by atoms with Gasteiger partial charge < -0.3 is 15.5 Å². The molecule has 0 spiro atoms. The molecule has 1 unspecified atom stereocenters. The Bertz CT molecular complexity index is 265. The van der Waals surface area contributed by atoms with E-state index in [9.17, 15) is 0 Å². The second kappa shape index (κ2) is 5.71. The summed E-state index contributed by atoms with van der Waals surface area (Å²) in [6, 6.07) is 1.29. The summed E-state index contributed by atoms with van der Waals surface area (Å²) in [5.41, 5.74) is 0. The zero-order valence-electron chi connectivity index (χ0n) is 11.4. The molecular weight excluding hydrogens is 212 g/mol. The summed E-state index contributed by atoms with van der Waals surface area (Å²) < 4.78 is 0. The van der Waals surface area contributed by atoms with Gasteiger partial charge in [0.2, 0.25) is 0 Å². The summed E-state index contributed by atoms with van der Waals surface area (Å²) in [7, 11) is 4.33. The van der Waals surface area contributed by atoms with Gasteiger partial charge in [-0.3, -0.25) is 4.99 Å². The molecule has 0 saturated heterocycles. The second-order valence-electron chi connectivity index (χ2n) is 5.51. The van der Waals surface area contributed by atoms with Crippen LogP contribution in [0.5, 0.6) is 0 Å². The summed E-state index contributed by atoms with van der Waals surface area (Å²) >= 11 is 0. The Morgan fingerprint density at radius 3 is 2.47 bits per heavy atom. The van der Waals surface area contributed by atoms with Gasteiger partial charge in [-0.15, -0.1) is 0 Å². The maximum absolute atomic E-state index is 4.73. The quantitative estimate of drug-likeness (QED) is 0.536. The third-order valence-electron chi connectivity index (χ3n) is 3.53. The molecule has 2 saturated carbocycles. The minimum absolute atomic E-state index is 0.615. The van der Waals surface area contributed by atoms with Crippen molar-refractivity contribution in [3.63, 3.8) is 0 Å². The van der Waals surface area contributed by atoms with Crippen molar-refractivity contribution in [2.45, 2.75) is 44.7 Å². The molecule has 0 bridgehead atoms. The normalized spacial score (nSPS) is 22.7. The summed E-state index contributed by atoms with van der Waals surface area (Å²) in [6.45, 7) is 3.97. The average Bonchev–Trinajstić information content (AvgIpc) is 3.12. The van der Waals surface area contributed by atoms with E-state index >= 15 is 0 Å². The van der Waals surface area contributed by atoms with E-state index in [1.807, 2.05) is 0 Å². The summed E-state index contributed by atoms with van der Waals surface area (Å²) in [5.74, 6) is 1.88. The first-order chi connectivity index (χ1) is 8.20. The van der Waals surface area contributed by atoms with Crippen LogP contribution in [-0.2, 0) is 0 Å². The van der Waals surface area contributed by atoms with Crippen LogP contribution in [0, 0.1) is 5.92 Å². The first kappa shape index (κ1) is 12.7. The molecule has 0 aromatic carbocycles. The molecule has 2 N–H and O–H groups in total. The summed E-state index contributed by atoms with van der Waals surface area (Å²) in [5, 5.41) is 6.79.